The number of carbonyl (C=O) groups excluding carboxylic acids is 2. The molecule has 2 aromatic rings. The summed E-state index contributed by atoms with van der Waals surface area (Å²) in [7, 11) is 0. The van der Waals surface area contributed by atoms with Crippen molar-refractivity contribution in [2.75, 3.05) is 11.9 Å². The average molecular weight is 321 g/mol. The van der Waals surface area contributed by atoms with E-state index in [1.165, 1.54) is 5.56 Å². The topological polar surface area (TPSA) is 82.0 Å². The van der Waals surface area contributed by atoms with Gasteiger partial charge in [-0.25, -0.2) is 0 Å². The van der Waals surface area contributed by atoms with Crippen molar-refractivity contribution in [1.82, 2.24) is 5.32 Å². The Morgan fingerprint density at radius 1 is 1.00 bits per heavy atom. The van der Waals surface area contributed by atoms with Gasteiger partial charge in [-0.15, -0.1) is 0 Å². The quantitative estimate of drug-likeness (QED) is 0.607. The number of carbonyl (C=O) groups is 2. The second kappa shape index (κ2) is 9.11. The van der Waals surface area contributed by atoms with Gasteiger partial charge in [0, 0.05) is 12.2 Å². The Morgan fingerprint density at radius 3 is 2.54 bits per heavy atom. The third kappa shape index (κ3) is 5.93. The summed E-state index contributed by atoms with van der Waals surface area (Å²) >= 11 is 0. The van der Waals surface area contributed by atoms with E-state index in [2.05, 4.69) is 10.6 Å². The fourth-order valence-electron chi connectivity index (χ4n) is 2.25. The Balaban J connectivity index is 1.68. The van der Waals surface area contributed by atoms with Crippen molar-refractivity contribution in [2.24, 2.45) is 0 Å². The molecule has 2 aromatic carbocycles. The van der Waals surface area contributed by atoms with E-state index in [0.717, 1.165) is 12.8 Å². The van der Waals surface area contributed by atoms with Crippen LogP contribution in [0.25, 0.3) is 0 Å². The molecule has 122 valence electrons. The van der Waals surface area contributed by atoms with Crippen molar-refractivity contribution < 1.29 is 9.59 Å². The maximum Gasteiger partial charge on any atom is 0.233 e. The van der Waals surface area contributed by atoms with Gasteiger partial charge in [-0.3, -0.25) is 9.59 Å². The van der Waals surface area contributed by atoms with Crippen LogP contribution in [0, 0.1) is 11.3 Å². The first-order valence-electron chi connectivity index (χ1n) is 7.78. The van der Waals surface area contributed by atoms with Gasteiger partial charge in [0.05, 0.1) is 11.6 Å². The van der Waals surface area contributed by atoms with Crippen molar-refractivity contribution in [3.05, 3.63) is 65.7 Å². The first-order chi connectivity index (χ1) is 11.7. The molecular formula is C19H19N3O2. The molecule has 2 N–H and O–H groups in total. The Kier molecular flexibility index (Phi) is 6.54. The molecule has 5 nitrogen and oxygen atoms in total. The lowest BCUT2D eigenvalue weighted by molar-refractivity contribution is -0.126. The number of rotatable bonds is 7. The molecule has 0 unspecified atom stereocenters. The van der Waals surface area contributed by atoms with Gasteiger partial charge in [0.1, 0.15) is 6.42 Å². The standard InChI is InChI=1S/C19H19N3O2/c20-14-16-8-4-10-17(12-16)22-19(24)13-18(23)21-11-5-9-15-6-2-1-3-7-15/h1-4,6-8,10,12H,5,9,11,13H2,(H,21,23)(H,22,24). The highest BCUT2D eigenvalue weighted by atomic mass is 16.2. The molecule has 0 saturated carbocycles. The number of aryl methyl sites for hydroxylation is 1. The van der Waals surface area contributed by atoms with Gasteiger partial charge in [0.2, 0.25) is 11.8 Å². The summed E-state index contributed by atoms with van der Waals surface area (Å²) in [6.07, 6.45) is 1.47. The highest BCUT2D eigenvalue weighted by Crippen LogP contribution is 2.10. The average Bonchev–Trinajstić information content (AvgIpc) is 2.59. The highest BCUT2D eigenvalue weighted by Gasteiger charge is 2.09. The number of nitrogens with one attached hydrogen (secondary N) is 2. The second-order valence-corrected chi connectivity index (χ2v) is 5.36. The van der Waals surface area contributed by atoms with Crippen molar-refractivity contribution in [2.45, 2.75) is 19.3 Å². The van der Waals surface area contributed by atoms with Crippen LogP contribution in [-0.4, -0.2) is 18.4 Å². The largest absolute Gasteiger partial charge is 0.356 e. The fourth-order valence-corrected chi connectivity index (χ4v) is 2.25. The van der Waals surface area contributed by atoms with E-state index in [-0.39, 0.29) is 12.3 Å². The summed E-state index contributed by atoms with van der Waals surface area (Å²) < 4.78 is 0. The SMILES string of the molecule is N#Cc1cccc(NC(=O)CC(=O)NCCCc2ccccc2)c1. The van der Waals surface area contributed by atoms with Crippen LogP contribution in [-0.2, 0) is 16.0 Å². The molecule has 0 fully saturated rings. The van der Waals surface area contributed by atoms with Crippen LogP contribution in [0.3, 0.4) is 0 Å². The van der Waals surface area contributed by atoms with Gasteiger partial charge in [-0.1, -0.05) is 36.4 Å². The van der Waals surface area contributed by atoms with Crippen LogP contribution in [0.15, 0.2) is 54.6 Å². The van der Waals surface area contributed by atoms with E-state index >= 15 is 0 Å². The predicted molar refractivity (Wildman–Crippen MR) is 92.2 cm³/mol. The Morgan fingerprint density at radius 2 is 1.79 bits per heavy atom. The van der Waals surface area contributed by atoms with Gasteiger partial charge in [0.25, 0.3) is 0 Å². The number of anilines is 1. The van der Waals surface area contributed by atoms with E-state index in [4.69, 9.17) is 5.26 Å². The van der Waals surface area contributed by atoms with E-state index < -0.39 is 5.91 Å². The first-order valence-corrected chi connectivity index (χ1v) is 7.78. The molecule has 5 heteroatoms. The van der Waals surface area contributed by atoms with E-state index in [1.807, 2.05) is 36.4 Å². The van der Waals surface area contributed by atoms with Gasteiger partial charge < -0.3 is 10.6 Å². The lowest BCUT2D eigenvalue weighted by Crippen LogP contribution is -2.29. The normalized spacial score (nSPS) is 9.79. The minimum Gasteiger partial charge on any atom is -0.356 e. The maximum atomic E-state index is 11.8. The second-order valence-electron chi connectivity index (χ2n) is 5.36. The Labute approximate surface area is 141 Å². The van der Waals surface area contributed by atoms with Crippen LogP contribution in [0.1, 0.15) is 24.0 Å². The molecule has 0 bridgehead atoms. The van der Waals surface area contributed by atoms with Crippen molar-refractivity contribution in [3.8, 4) is 6.07 Å². The zero-order chi connectivity index (χ0) is 17.2. The van der Waals surface area contributed by atoms with Crippen LogP contribution in [0.4, 0.5) is 5.69 Å². The van der Waals surface area contributed by atoms with Crippen LogP contribution < -0.4 is 10.6 Å². The number of hydrogen-bond acceptors (Lipinski definition) is 3. The number of benzene rings is 2. The molecule has 0 radical (unpaired) electrons. The zero-order valence-corrected chi connectivity index (χ0v) is 13.3. The smallest absolute Gasteiger partial charge is 0.233 e. The van der Waals surface area contributed by atoms with Crippen LogP contribution in [0.5, 0.6) is 0 Å². The molecule has 0 heterocycles. The summed E-state index contributed by atoms with van der Waals surface area (Å²) in [6.45, 7) is 0.533. The Bertz CT molecular complexity index is 736. The van der Waals surface area contributed by atoms with Gasteiger partial charge in [-0.05, 0) is 36.6 Å². The van der Waals surface area contributed by atoms with Gasteiger partial charge in [0.15, 0.2) is 0 Å². The number of nitrogens with zero attached hydrogens (tertiary/aromatic N) is 1. The van der Waals surface area contributed by atoms with Crippen molar-refractivity contribution in [1.29, 1.82) is 5.26 Å². The highest BCUT2D eigenvalue weighted by molar-refractivity contribution is 6.03. The van der Waals surface area contributed by atoms with Crippen molar-refractivity contribution >= 4 is 17.5 Å². The fraction of sp³-hybridized carbons (Fsp3) is 0.211. The summed E-state index contributed by atoms with van der Waals surface area (Å²) in [6, 6.07) is 18.6. The molecule has 0 aliphatic heterocycles. The third-order valence-electron chi connectivity index (χ3n) is 3.40. The number of amides is 2. The first kappa shape index (κ1) is 17.2. The van der Waals surface area contributed by atoms with Crippen molar-refractivity contribution in [3.63, 3.8) is 0 Å². The molecule has 2 rings (SSSR count). The summed E-state index contributed by atoms with van der Waals surface area (Å²) in [5.41, 5.74) is 2.19. The molecule has 0 aliphatic rings. The molecular weight excluding hydrogens is 302 g/mol. The van der Waals surface area contributed by atoms with Crippen LogP contribution in [0.2, 0.25) is 0 Å². The molecule has 0 aromatic heterocycles. The Hall–Kier alpha value is -3.13. The van der Waals surface area contributed by atoms with Gasteiger partial charge in [-0.2, -0.15) is 5.26 Å². The molecule has 24 heavy (non-hydrogen) atoms. The number of nitriles is 1. The third-order valence-corrected chi connectivity index (χ3v) is 3.40. The monoisotopic (exact) mass is 321 g/mol. The molecule has 2 amide bonds. The number of hydrogen-bond donors (Lipinski definition) is 2. The molecule has 0 aliphatic carbocycles. The maximum absolute atomic E-state index is 11.8. The summed E-state index contributed by atoms with van der Waals surface area (Å²) in [4.78, 5) is 23.6. The summed E-state index contributed by atoms with van der Waals surface area (Å²) in [5.74, 6) is -0.706. The van der Waals surface area contributed by atoms with E-state index in [9.17, 15) is 9.59 Å². The molecule has 0 saturated heterocycles. The minimum atomic E-state index is -0.398. The lowest BCUT2D eigenvalue weighted by atomic mass is 10.1. The zero-order valence-electron chi connectivity index (χ0n) is 13.3. The predicted octanol–water partition coefficient (Wildman–Crippen LogP) is 2.64. The minimum absolute atomic E-state index is 0.234. The molecule has 0 spiro atoms. The van der Waals surface area contributed by atoms with Gasteiger partial charge >= 0.3 is 0 Å². The lowest BCUT2D eigenvalue weighted by Gasteiger charge is -2.07. The van der Waals surface area contributed by atoms with Crippen LogP contribution >= 0.6 is 0 Å². The summed E-state index contributed by atoms with van der Waals surface area (Å²) in [5, 5.41) is 14.2. The van der Waals surface area contributed by atoms with E-state index in [0.29, 0.717) is 17.8 Å². The van der Waals surface area contributed by atoms with E-state index in [1.54, 1.807) is 24.3 Å². The molecule has 0 atom stereocenters.